The van der Waals surface area contributed by atoms with E-state index in [4.69, 9.17) is 16.3 Å². The Balaban J connectivity index is 2.05. The molecule has 3 aromatic carbocycles. The quantitative estimate of drug-likeness (QED) is 0.316. The number of nitrogens with one attached hydrogen (secondary N) is 1. The lowest BCUT2D eigenvalue weighted by Gasteiger charge is -2.32. The number of sulfonamides is 1. The molecule has 0 spiro atoms. The first-order chi connectivity index (χ1) is 19.0. The summed E-state index contributed by atoms with van der Waals surface area (Å²) in [6.45, 7) is 6.91. The van der Waals surface area contributed by atoms with Crippen molar-refractivity contribution in [3.63, 3.8) is 0 Å². The van der Waals surface area contributed by atoms with E-state index in [-0.39, 0.29) is 34.1 Å². The number of halogens is 1. The molecule has 0 bridgehead atoms. The molecule has 3 rings (SSSR count). The SMILES string of the molecule is CC[C@@H](C)NC(=O)[C@H](C)N(Cc1ccccc1)C(=O)CN(c1ccc(OC)c(Cl)c1)S(=O)(=O)c1ccc(C)cc1. The van der Waals surface area contributed by atoms with Gasteiger partial charge in [0.05, 0.1) is 22.7 Å². The summed E-state index contributed by atoms with van der Waals surface area (Å²) in [5.74, 6) is -0.497. The lowest BCUT2D eigenvalue weighted by molar-refractivity contribution is -0.139. The van der Waals surface area contributed by atoms with E-state index >= 15 is 0 Å². The van der Waals surface area contributed by atoms with Crippen molar-refractivity contribution in [1.82, 2.24) is 10.2 Å². The molecule has 3 aromatic rings. The van der Waals surface area contributed by atoms with Crippen molar-refractivity contribution >= 4 is 39.1 Å². The average Bonchev–Trinajstić information content (AvgIpc) is 2.94. The van der Waals surface area contributed by atoms with Crippen LogP contribution in [0.25, 0.3) is 0 Å². The van der Waals surface area contributed by atoms with Gasteiger partial charge in [-0.1, -0.05) is 66.6 Å². The first-order valence-corrected chi connectivity index (χ1v) is 14.9. The van der Waals surface area contributed by atoms with Crippen molar-refractivity contribution in [2.45, 2.75) is 57.6 Å². The number of ether oxygens (including phenoxy) is 1. The smallest absolute Gasteiger partial charge is 0.264 e. The molecule has 8 nitrogen and oxygen atoms in total. The van der Waals surface area contributed by atoms with Gasteiger partial charge in [-0.25, -0.2) is 8.42 Å². The molecule has 0 saturated carbocycles. The zero-order valence-corrected chi connectivity index (χ0v) is 25.0. The number of rotatable bonds is 12. The van der Waals surface area contributed by atoms with Gasteiger partial charge in [0.15, 0.2) is 0 Å². The highest BCUT2D eigenvalue weighted by atomic mass is 35.5. The number of amides is 2. The van der Waals surface area contributed by atoms with Gasteiger partial charge in [-0.05, 0) is 63.1 Å². The van der Waals surface area contributed by atoms with Gasteiger partial charge in [-0.15, -0.1) is 0 Å². The standard InChI is InChI=1S/C30H36ClN3O5S/c1-6-22(3)32-30(36)23(4)33(19-24-10-8-7-9-11-24)29(35)20-34(25-14-17-28(39-5)27(31)18-25)40(37,38)26-15-12-21(2)13-16-26/h7-18,22-23H,6,19-20H2,1-5H3,(H,32,36)/t22-,23+/m1/s1. The largest absolute Gasteiger partial charge is 0.495 e. The van der Waals surface area contributed by atoms with E-state index in [0.717, 1.165) is 21.9 Å². The zero-order valence-electron chi connectivity index (χ0n) is 23.4. The minimum Gasteiger partial charge on any atom is -0.495 e. The van der Waals surface area contributed by atoms with Crippen molar-refractivity contribution in [2.75, 3.05) is 18.0 Å². The number of hydrogen-bond acceptors (Lipinski definition) is 5. The van der Waals surface area contributed by atoms with Crippen LogP contribution in [-0.4, -0.2) is 50.9 Å². The molecule has 40 heavy (non-hydrogen) atoms. The molecular formula is C30H36ClN3O5S. The predicted molar refractivity (Wildman–Crippen MR) is 158 cm³/mol. The van der Waals surface area contributed by atoms with Crippen LogP contribution >= 0.6 is 11.6 Å². The number of nitrogens with zero attached hydrogens (tertiary/aromatic N) is 2. The second-order valence-corrected chi connectivity index (χ2v) is 11.9. The van der Waals surface area contributed by atoms with Gasteiger partial charge in [0.2, 0.25) is 11.8 Å². The van der Waals surface area contributed by atoms with E-state index in [0.29, 0.717) is 5.75 Å². The van der Waals surface area contributed by atoms with Gasteiger partial charge in [0.1, 0.15) is 18.3 Å². The Bertz CT molecular complexity index is 1420. The Morgan fingerprint density at radius 1 is 1.00 bits per heavy atom. The van der Waals surface area contributed by atoms with Gasteiger partial charge in [-0.3, -0.25) is 13.9 Å². The van der Waals surface area contributed by atoms with Crippen LogP contribution in [0.3, 0.4) is 0 Å². The highest BCUT2D eigenvalue weighted by Crippen LogP contribution is 2.32. The number of hydrogen-bond donors (Lipinski definition) is 1. The molecule has 0 aliphatic carbocycles. The maximum Gasteiger partial charge on any atom is 0.264 e. The summed E-state index contributed by atoms with van der Waals surface area (Å²) in [6, 6.07) is 19.2. The molecule has 0 radical (unpaired) electrons. The number of carbonyl (C=O) groups is 2. The predicted octanol–water partition coefficient (Wildman–Crippen LogP) is 5.18. The van der Waals surface area contributed by atoms with E-state index < -0.39 is 28.5 Å². The van der Waals surface area contributed by atoms with Crippen LogP contribution in [0.2, 0.25) is 5.02 Å². The highest BCUT2D eigenvalue weighted by Gasteiger charge is 2.33. The lowest BCUT2D eigenvalue weighted by atomic mass is 10.1. The Kier molecular flexibility index (Phi) is 10.6. The lowest BCUT2D eigenvalue weighted by Crippen LogP contribution is -2.52. The monoisotopic (exact) mass is 585 g/mol. The van der Waals surface area contributed by atoms with Gasteiger partial charge >= 0.3 is 0 Å². The molecule has 0 fully saturated rings. The normalized spacial score (nSPS) is 12.8. The molecule has 2 atom stereocenters. The van der Waals surface area contributed by atoms with E-state index in [1.807, 2.05) is 51.1 Å². The average molecular weight is 586 g/mol. The van der Waals surface area contributed by atoms with Crippen LogP contribution in [0, 0.1) is 6.92 Å². The van der Waals surface area contributed by atoms with Crippen LogP contribution < -0.4 is 14.4 Å². The summed E-state index contributed by atoms with van der Waals surface area (Å²) in [5, 5.41) is 3.11. The summed E-state index contributed by atoms with van der Waals surface area (Å²) in [4.78, 5) is 28.5. The Hall–Kier alpha value is -3.56. The molecule has 0 saturated heterocycles. The molecule has 10 heteroatoms. The van der Waals surface area contributed by atoms with Gasteiger partial charge in [0, 0.05) is 12.6 Å². The Morgan fingerprint density at radius 3 is 2.23 bits per heavy atom. The molecule has 0 heterocycles. The summed E-state index contributed by atoms with van der Waals surface area (Å²) in [5.41, 5.74) is 1.89. The van der Waals surface area contributed by atoms with Gasteiger partial charge in [-0.2, -0.15) is 0 Å². The second kappa shape index (κ2) is 13.7. The maximum absolute atomic E-state index is 14.0. The summed E-state index contributed by atoms with van der Waals surface area (Å²) in [7, 11) is -2.73. The van der Waals surface area contributed by atoms with Crippen LogP contribution in [0.5, 0.6) is 5.75 Å². The van der Waals surface area contributed by atoms with E-state index in [1.54, 1.807) is 25.1 Å². The molecule has 0 aromatic heterocycles. The van der Waals surface area contributed by atoms with Crippen molar-refractivity contribution in [2.24, 2.45) is 0 Å². The minimum atomic E-state index is -4.19. The number of carbonyl (C=O) groups excluding carboxylic acids is 2. The third kappa shape index (κ3) is 7.55. The van der Waals surface area contributed by atoms with E-state index in [1.165, 1.54) is 36.3 Å². The molecule has 0 aliphatic rings. The van der Waals surface area contributed by atoms with Crippen LogP contribution in [0.15, 0.2) is 77.7 Å². The third-order valence-corrected chi connectivity index (χ3v) is 8.76. The van der Waals surface area contributed by atoms with Crippen LogP contribution in [0.4, 0.5) is 5.69 Å². The minimum absolute atomic E-state index is 0.0232. The van der Waals surface area contributed by atoms with E-state index in [9.17, 15) is 18.0 Å². The first-order valence-electron chi connectivity index (χ1n) is 13.0. The fourth-order valence-electron chi connectivity index (χ4n) is 4.00. The molecule has 1 N–H and O–H groups in total. The van der Waals surface area contributed by atoms with Crippen molar-refractivity contribution in [1.29, 1.82) is 0 Å². The van der Waals surface area contributed by atoms with Crippen molar-refractivity contribution in [3.8, 4) is 5.75 Å². The number of methoxy groups -OCH3 is 1. The van der Waals surface area contributed by atoms with Gasteiger partial charge < -0.3 is 15.0 Å². The highest BCUT2D eigenvalue weighted by molar-refractivity contribution is 7.92. The number of anilines is 1. The Labute approximate surface area is 241 Å². The Morgan fingerprint density at radius 2 is 1.65 bits per heavy atom. The number of aryl methyl sites for hydroxylation is 1. The zero-order chi connectivity index (χ0) is 29.4. The topological polar surface area (TPSA) is 96.0 Å². The van der Waals surface area contributed by atoms with E-state index in [2.05, 4.69) is 5.32 Å². The third-order valence-electron chi connectivity index (χ3n) is 6.68. The fraction of sp³-hybridized carbons (Fsp3) is 0.333. The van der Waals surface area contributed by atoms with Gasteiger partial charge in [0.25, 0.3) is 10.0 Å². The summed E-state index contributed by atoms with van der Waals surface area (Å²) < 4.78 is 34.1. The van der Waals surface area contributed by atoms with Crippen LogP contribution in [0.1, 0.15) is 38.3 Å². The van der Waals surface area contributed by atoms with Crippen molar-refractivity contribution in [3.05, 3.63) is 88.9 Å². The maximum atomic E-state index is 14.0. The number of benzene rings is 3. The van der Waals surface area contributed by atoms with Crippen molar-refractivity contribution < 1.29 is 22.7 Å². The molecule has 0 aliphatic heterocycles. The molecule has 214 valence electrons. The first kappa shape index (κ1) is 31.0. The molecule has 0 unspecified atom stereocenters. The summed E-state index contributed by atoms with van der Waals surface area (Å²) in [6.07, 6.45) is 0.728. The molecule has 2 amide bonds. The summed E-state index contributed by atoms with van der Waals surface area (Å²) >= 11 is 6.36. The molecular weight excluding hydrogens is 550 g/mol. The van der Waals surface area contributed by atoms with Crippen LogP contribution in [-0.2, 0) is 26.2 Å². The fourth-order valence-corrected chi connectivity index (χ4v) is 5.66. The second-order valence-electron chi connectivity index (χ2n) is 9.64.